The smallest absolute Gasteiger partial charge is 0.159 e. The van der Waals surface area contributed by atoms with Gasteiger partial charge in [-0.1, -0.05) is 18.2 Å². The summed E-state index contributed by atoms with van der Waals surface area (Å²) in [6.45, 7) is 2.94. The highest BCUT2D eigenvalue weighted by Gasteiger charge is 2.24. The Morgan fingerprint density at radius 2 is 2.05 bits per heavy atom. The molecular weight excluding hydrogens is 266 g/mol. The highest BCUT2D eigenvalue weighted by atomic mass is 16.5. The van der Waals surface area contributed by atoms with Crippen molar-refractivity contribution < 1.29 is 14.3 Å². The molecule has 114 valence electrons. The molecule has 0 radical (unpaired) electrons. The summed E-state index contributed by atoms with van der Waals surface area (Å²) in [5, 5.41) is 3.30. The number of para-hydroxylation sites is 1. The fourth-order valence-electron chi connectivity index (χ4n) is 3.13. The summed E-state index contributed by atoms with van der Waals surface area (Å²) < 4.78 is 11.4. The topological polar surface area (TPSA) is 47.6 Å². The lowest BCUT2D eigenvalue weighted by Crippen LogP contribution is -2.33. The molecule has 21 heavy (non-hydrogen) atoms. The Kier molecular flexibility index (Phi) is 4.88. The van der Waals surface area contributed by atoms with E-state index in [1.807, 2.05) is 18.2 Å². The van der Waals surface area contributed by atoms with E-state index >= 15 is 0 Å². The van der Waals surface area contributed by atoms with Crippen molar-refractivity contribution in [2.24, 2.45) is 0 Å². The Morgan fingerprint density at radius 3 is 2.90 bits per heavy atom. The Morgan fingerprint density at radius 1 is 1.24 bits per heavy atom. The van der Waals surface area contributed by atoms with E-state index in [0.29, 0.717) is 13.0 Å². The van der Waals surface area contributed by atoms with E-state index in [1.165, 1.54) is 5.56 Å². The van der Waals surface area contributed by atoms with Gasteiger partial charge in [0.15, 0.2) is 5.78 Å². The van der Waals surface area contributed by atoms with Gasteiger partial charge in [0.1, 0.15) is 12.4 Å². The van der Waals surface area contributed by atoms with Crippen molar-refractivity contribution in [2.75, 3.05) is 26.3 Å². The minimum atomic E-state index is 0.204. The van der Waals surface area contributed by atoms with Crippen LogP contribution in [-0.4, -0.2) is 38.2 Å². The van der Waals surface area contributed by atoms with Crippen molar-refractivity contribution in [3.05, 3.63) is 29.8 Å². The molecule has 1 N–H and O–H groups in total. The van der Waals surface area contributed by atoms with Crippen LogP contribution in [0.25, 0.3) is 0 Å². The normalized spacial score (nSPS) is 22.4. The SMILES string of the molecule is O=C(COC1CCNCC1)CC1CCOc2ccccc21. The molecule has 1 unspecified atom stereocenters. The van der Waals surface area contributed by atoms with Crippen LogP contribution in [0.4, 0.5) is 0 Å². The van der Waals surface area contributed by atoms with Crippen LogP contribution in [0, 0.1) is 0 Å². The fraction of sp³-hybridized carbons (Fsp3) is 0.588. The largest absolute Gasteiger partial charge is 0.493 e. The monoisotopic (exact) mass is 289 g/mol. The van der Waals surface area contributed by atoms with Gasteiger partial charge in [-0.3, -0.25) is 4.79 Å². The Labute approximate surface area is 125 Å². The number of benzene rings is 1. The standard InChI is InChI=1S/C17H23NO3/c19-14(12-21-15-5-8-18-9-6-15)11-13-7-10-20-17-4-2-1-3-16(13)17/h1-4,13,15,18H,5-12H2. The first-order chi connectivity index (χ1) is 10.3. The van der Waals surface area contributed by atoms with Crippen LogP contribution in [-0.2, 0) is 9.53 Å². The number of Topliss-reactive ketones (excluding diaryl/α,β-unsaturated/α-hetero) is 1. The summed E-state index contributed by atoms with van der Waals surface area (Å²) in [6.07, 6.45) is 3.74. The van der Waals surface area contributed by atoms with Gasteiger partial charge in [-0.05, 0) is 49.9 Å². The van der Waals surface area contributed by atoms with Gasteiger partial charge in [-0.15, -0.1) is 0 Å². The van der Waals surface area contributed by atoms with E-state index in [4.69, 9.17) is 9.47 Å². The molecule has 1 aromatic rings. The van der Waals surface area contributed by atoms with Crippen LogP contribution in [0.5, 0.6) is 5.75 Å². The summed E-state index contributed by atoms with van der Waals surface area (Å²) in [6, 6.07) is 8.04. The Bertz CT molecular complexity index is 483. The van der Waals surface area contributed by atoms with Gasteiger partial charge in [-0.2, -0.15) is 0 Å². The minimum absolute atomic E-state index is 0.204. The lowest BCUT2D eigenvalue weighted by molar-refractivity contribution is -0.126. The van der Waals surface area contributed by atoms with Crippen LogP contribution < -0.4 is 10.1 Å². The van der Waals surface area contributed by atoms with Gasteiger partial charge >= 0.3 is 0 Å². The van der Waals surface area contributed by atoms with Gasteiger partial charge in [0.2, 0.25) is 0 Å². The maximum atomic E-state index is 12.2. The summed E-state index contributed by atoms with van der Waals surface area (Å²) in [7, 11) is 0. The zero-order chi connectivity index (χ0) is 14.5. The first kappa shape index (κ1) is 14.5. The zero-order valence-electron chi connectivity index (χ0n) is 12.3. The number of ketones is 1. The van der Waals surface area contributed by atoms with E-state index in [0.717, 1.165) is 38.1 Å². The maximum Gasteiger partial charge on any atom is 0.159 e. The molecule has 0 aliphatic carbocycles. The van der Waals surface area contributed by atoms with Gasteiger partial charge in [-0.25, -0.2) is 0 Å². The molecule has 1 fully saturated rings. The molecule has 2 heterocycles. The zero-order valence-corrected chi connectivity index (χ0v) is 12.3. The van der Waals surface area contributed by atoms with Crippen molar-refractivity contribution in [1.29, 1.82) is 0 Å². The number of carbonyl (C=O) groups excluding carboxylic acids is 1. The molecule has 0 aromatic heterocycles. The molecule has 0 saturated carbocycles. The average molecular weight is 289 g/mol. The third-order valence-corrected chi connectivity index (χ3v) is 4.32. The molecule has 4 heteroatoms. The number of piperidine rings is 1. The van der Waals surface area contributed by atoms with Gasteiger partial charge in [0.25, 0.3) is 0 Å². The van der Waals surface area contributed by atoms with Crippen molar-refractivity contribution in [3.63, 3.8) is 0 Å². The van der Waals surface area contributed by atoms with Crippen molar-refractivity contribution >= 4 is 5.78 Å². The molecular formula is C17H23NO3. The van der Waals surface area contributed by atoms with Crippen LogP contribution in [0.15, 0.2) is 24.3 Å². The third kappa shape index (κ3) is 3.83. The van der Waals surface area contributed by atoms with Crippen LogP contribution >= 0.6 is 0 Å². The predicted octanol–water partition coefficient (Wildman–Crippen LogP) is 2.28. The average Bonchev–Trinajstić information content (AvgIpc) is 2.54. The van der Waals surface area contributed by atoms with E-state index in [2.05, 4.69) is 11.4 Å². The highest BCUT2D eigenvalue weighted by Crippen LogP contribution is 2.35. The fourth-order valence-corrected chi connectivity index (χ4v) is 3.13. The van der Waals surface area contributed by atoms with Crippen LogP contribution in [0.1, 0.15) is 37.2 Å². The second-order valence-corrected chi connectivity index (χ2v) is 5.88. The molecule has 0 bridgehead atoms. The molecule has 4 nitrogen and oxygen atoms in total. The molecule has 2 aliphatic heterocycles. The molecule has 0 amide bonds. The van der Waals surface area contributed by atoms with E-state index in [9.17, 15) is 4.79 Å². The Balaban J connectivity index is 1.51. The number of hydrogen-bond acceptors (Lipinski definition) is 4. The molecule has 1 atom stereocenters. The van der Waals surface area contributed by atoms with Crippen LogP contribution in [0.2, 0.25) is 0 Å². The summed E-state index contributed by atoms with van der Waals surface area (Å²) >= 11 is 0. The molecule has 1 saturated heterocycles. The van der Waals surface area contributed by atoms with Crippen molar-refractivity contribution in [3.8, 4) is 5.75 Å². The minimum Gasteiger partial charge on any atom is -0.493 e. The second kappa shape index (κ2) is 7.05. The Hall–Kier alpha value is -1.39. The van der Waals surface area contributed by atoms with Crippen molar-refractivity contribution in [1.82, 2.24) is 5.32 Å². The van der Waals surface area contributed by atoms with Gasteiger partial charge in [0.05, 0.1) is 12.7 Å². The number of hydrogen-bond donors (Lipinski definition) is 1. The number of rotatable bonds is 5. The van der Waals surface area contributed by atoms with E-state index in [-0.39, 0.29) is 24.4 Å². The number of carbonyl (C=O) groups is 1. The first-order valence-electron chi connectivity index (χ1n) is 7.88. The number of ether oxygens (including phenoxy) is 2. The van der Waals surface area contributed by atoms with E-state index < -0.39 is 0 Å². The molecule has 1 aromatic carbocycles. The third-order valence-electron chi connectivity index (χ3n) is 4.32. The number of fused-ring (bicyclic) bond motifs is 1. The van der Waals surface area contributed by atoms with Crippen molar-refractivity contribution in [2.45, 2.75) is 37.7 Å². The van der Waals surface area contributed by atoms with Crippen LogP contribution in [0.3, 0.4) is 0 Å². The first-order valence-corrected chi connectivity index (χ1v) is 7.88. The lowest BCUT2D eigenvalue weighted by atomic mass is 9.89. The van der Waals surface area contributed by atoms with Gasteiger partial charge in [0, 0.05) is 6.42 Å². The predicted molar refractivity (Wildman–Crippen MR) is 80.8 cm³/mol. The lowest BCUT2D eigenvalue weighted by Gasteiger charge is -2.26. The summed E-state index contributed by atoms with van der Waals surface area (Å²) in [5.74, 6) is 1.41. The van der Waals surface area contributed by atoms with Gasteiger partial charge < -0.3 is 14.8 Å². The second-order valence-electron chi connectivity index (χ2n) is 5.88. The summed E-state index contributed by atoms with van der Waals surface area (Å²) in [5.41, 5.74) is 1.17. The van der Waals surface area contributed by atoms with E-state index in [1.54, 1.807) is 0 Å². The molecule has 2 aliphatic rings. The maximum absolute atomic E-state index is 12.2. The number of nitrogens with one attached hydrogen (secondary N) is 1. The summed E-state index contributed by atoms with van der Waals surface area (Å²) in [4.78, 5) is 12.2. The molecule has 0 spiro atoms. The quantitative estimate of drug-likeness (QED) is 0.903. The highest BCUT2D eigenvalue weighted by molar-refractivity contribution is 5.80. The molecule has 3 rings (SSSR count).